The Labute approximate surface area is 122 Å². The van der Waals surface area contributed by atoms with Crippen LogP contribution in [-0.2, 0) is 7.05 Å². The third-order valence-corrected chi connectivity index (χ3v) is 3.44. The van der Waals surface area contributed by atoms with Crippen molar-refractivity contribution in [3.05, 3.63) is 40.3 Å². The zero-order chi connectivity index (χ0) is 15.6. The van der Waals surface area contributed by atoms with Gasteiger partial charge in [0.2, 0.25) is 5.75 Å². The van der Waals surface area contributed by atoms with Crippen molar-refractivity contribution in [2.75, 3.05) is 18.5 Å². The van der Waals surface area contributed by atoms with Gasteiger partial charge in [0.15, 0.2) is 12.0 Å². The maximum Gasteiger partial charge on any atom is 0.296 e. The molecule has 1 N–H and O–H groups in total. The summed E-state index contributed by atoms with van der Waals surface area (Å²) in [6.07, 6.45) is 0.381. The van der Waals surface area contributed by atoms with E-state index in [1.807, 2.05) is 43.1 Å². The molecular weight excluding hydrogens is 270 g/mol. The first-order chi connectivity index (χ1) is 10.0. The number of carbonyl (C=O) groups is 1. The van der Waals surface area contributed by atoms with Gasteiger partial charge in [-0.1, -0.05) is 12.1 Å². The highest BCUT2D eigenvalue weighted by atomic mass is 16.3. The van der Waals surface area contributed by atoms with E-state index in [2.05, 4.69) is 4.98 Å². The summed E-state index contributed by atoms with van der Waals surface area (Å²) in [6, 6.07) is 7.47. The number of carbonyl (C=O) groups excluding carboxylic acids is 1. The van der Waals surface area contributed by atoms with Gasteiger partial charge in [-0.2, -0.15) is 0 Å². The van der Waals surface area contributed by atoms with Crippen LogP contribution in [0.15, 0.2) is 29.1 Å². The molecule has 1 aromatic carbocycles. The molecule has 1 heterocycles. The Hall–Kier alpha value is -2.63. The minimum Gasteiger partial charge on any atom is -0.501 e. The minimum atomic E-state index is -0.643. The van der Waals surface area contributed by atoms with E-state index in [4.69, 9.17) is 0 Å². The fourth-order valence-electron chi connectivity index (χ4n) is 2.10. The average molecular weight is 287 g/mol. The Morgan fingerprint density at radius 3 is 2.67 bits per heavy atom. The van der Waals surface area contributed by atoms with Gasteiger partial charge in [-0.3, -0.25) is 14.2 Å². The molecule has 2 rings (SSSR count). The topological polar surface area (TPSA) is 75.4 Å². The van der Waals surface area contributed by atoms with Crippen molar-refractivity contribution >= 4 is 12.0 Å². The second-order valence-corrected chi connectivity index (χ2v) is 4.68. The van der Waals surface area contributed by atoms with Crippen molar-refractivity contribution in [3.63, 3.8) is 0 Å². The fraction of sp³-hybridized carbons (Fsp3) is 0.267. The molecule has 21 heavy (non-hydrogen) atoms. The van der Waals surface area contributed by atoms with E-state index >= 15 is 0 Å². The molecular formula is C15H17N3O3. The van der Waals surface area contributed by atoms with Crippen molar-refractivity contribution in [1.82, 2.24) is 9.55 Å². The van der Waals surface area contributed by atoms with Gasteiger partial charge in [-0.15, -0.1) is 0 Å². The van der Waals surface area contributed by atoms with Crippen molar-refractivity contribution in [2.24, 2.45) is 7.05 Å². The monoisotopic (exact) mass is 287 g/mol. The van der Waals surface area contributed by atoms with Crippen LogP contribution in [0, 0.1) is 0 Å². The van der Waals surface area contributed by atoms with Gasteiger partial charge in [0.05, 0.1) is 0 Å². The Balaban J connectivity index is 2.77. The van der Waals surface area contributed by atoms with Crippen LogP contribution in [0.1, 0.15) is 17.4 Å². The van der Waals surface area contributed by atoms with Crippen molar-refractivity contribution in [2.45, 2.75) is 6.92 Å². The van der Waals surface area contributed by atoms with Gasteiger partial charge in [0.25, 0.3) is 5.56 Å². The molecule has 0 saturated heterocycles. The summed E-state index contributed by atoms with van der Waals surface area (Å²) in [5.41, 5.74) is 0.729. The Morgan fingerprint density at radius 1 is 1.38 bits per heavy atom. The SMILES string of the molecule is CCN(C)c1ccccc1-c1nc(C=O)c(O)c(=O)n1C. The first-order valence-electron chi connectivity index (χ1n) is 6.57. The van der Waals surface area contributed by atoms with Crippen molar-refractivity contribution < 1.29 is 9.90 Å². The molecule has 0 amide bonds. The number of benzene rings is 1. The van der Waals surface area contributed by atoms with Crippen LogP contribution in [0.2, 0.25) is 0 Å². The number of aldehydes is 1. The lowest BCUT2D eigenvalue weighted by molar-refractivity contribution is 0.111. The van der Waals surface area contributed by atoms with E-state index in [1.54, 1.807) is 0 Å². The molecule has 0 saturated carbocycles. The number of hydrogen-bond acceptors (Lipinski definition) is 5. The molecule has 2 aromatic rings. The van der Waals surface area contributed by atoms with Crippen molar-refractivity contribution in [3.8, 4) is 17.1 Å². The number of anilines is 1. The lowest BCUT2D eigenvalue weighted by atomic mass is 10.1. The summed E-state index contributed by atoms with van der Waals surface area (Å²) in [5.74, 6) is -0.284. The quantitative estimate of drug-likeness (QED) is 0.861. The van der Waals surface area contributed by atoms with E-state index in [-0.39, 0.29) is 5.69 Å². The maximum absolute atomic E-state index is 12.0. The van der Waals surface area contributed by atoms with Crippen LogP contribution < -0.4 is 10.5 Å². The predicted octanol–water partition coefficient (Wildman–Crippen LogP) is 1.42. The number of rotatable bonds is 4. The van der Waals surface area contributed by atoms with Crippen LogP contribution in [0.4, 0.5) is 5.69 Å². The van der Waals surface area contributed by atoms with E-state index in [1.165, 1.54) is 11.6 Å². The Bertz CT molecular complexity index is 737. The number of hydrogen-bond donors (Lipinski definition) is 1. The second-order valence-electron chi connectivity index (χ2n) is 4.68. The van der Waals surface area contributed by atoms with Crippen LogP contribution in [0.5, 0.6) is 5.75 Å². The molecule has 0 fully saturated rings. The summed E-state index contributed by atoms with van der Waals surface area (Å²) in [7, 11) is 3.44. The largest absolute Gasteiger partial charge is 0.501 e. The standard InChI is InChI=1S/C15H17N3O3/c1-4-17(2)12-8-6-5-7-10(12)14-16-11(9-19)13(20)15(21)18(14)3/h5-9,20H,4H2,1-3H3. The van der Waals surface area contributed by atoms with E-state index < -0.39 is 11.3 Å². The van der Waals surface area contributed by atoms with Gasteiger partial charge < -0.3 is 10.0 Å². The molecule has 1 aromatic heterocycles. The molecule has 0 aliphatic heterocycles. The molecule has 0 bridgehead atoms. The molecule has 0 radical (unpaired) electrons. The van der Waals surface area contributed by atoms with Crippen LogP contribution >= 0.6 is 0 Å². The van der Waals surface area contributed by atoms with Gasteiger partial charge in [-0.25, -0.2) is 4.98 Å². The summed E-state index contributed by atoms with van der Waals surface area (Å²) in [5, 5.41) is 9.64. The summed E-state index contributed by atoms with van der Waals surface area (Å²) < 4.78 is 1.24. The predicted molar refractivity (Wildman–Crippen MR) is 80.9 cm³/mol. The van der Waals surface area contributed by atoms with E-state index in [0.29, 0.717) is 12.1 Å². The summed E-state index contributed by atoms with van der Waals surface area (Å²) in [6.45, 7) is 2.79. The number of para-hydroxylation sites is 1. The fourth-order valence-corrected chi connectivity index (χ4v) is 2.10. The third kappa shape index (κ3) is 2.52. The molecule has 110 valence electrons. The smallest absolute Gasteiger partial charge is 0.296 e. The molecule has 0 unspecified atom stereocenters. The molecule has 6 heteroatoms. The molecule has 0 aliphatic carbocycles. The maximum atomic E-state index is 12.0. The van der Waals surface area contributed by atoms with Crippen LogP contribution in [0.3, 0.4) is 0 Å². The van der Waals surface area contributed by atoms with E-state index in [0.717, 1.165) is 17.8 Å². The second kappa shape index (κ2) is 5.78. The number of aromatic hydroxyl groups is 1. The molecule has 6 nitrogen and oxygen atoms in total. The Kier molecular flexibility index (Phi) is 4.07. The van der Waals surface area contributed by atoms with Gasteiger partial charge in [0.1, 0.15) is 5.82 Å². The molecule has 0 spiro atoms. The van der Waals surface area contributed by atoms with Crippen LogP contribution in [-0.4, -0.2) is 34.5 Å². The first-order valence-corrected chi connectivity index (χ1v) is 6.57. The highest BCUT2D eigenvalue weighted by Crippen LogP contribution is 2.28. The van der Waals surface area contributed by atoms with Gasteiger partial charge in [0, 0.05) is 31.9 Å². The molecule has 0 atom stereocenters. The minimum absolute atomic E-state index is 0.248. The normalized spacial score (nSPS) is 10.4. The highest BCUT2D eigenvalue weighted by Gasteiger charge is 2.17. The first kappa shape index (κ1) is 14.8. The zero-order valence-electron chi connectivity index (χ0n) is 12.2. The van der Waals surface area contributed by atoms with E-state index in [9.17, 15) is 14.7 Å². The van der Waals surface area contributed by atoms with Gasteiger partial charge >= 0.3 is 0 Å². The number of aromatic nitrogens is 2. The summed E-state index contributed by atoms with van der Waals surface area (Å²) in [4.78, 5) is 29.1. The lowest BCUT2D eigenvalue weighted by Crippen LogP contribution is -2.23. The Morgan fingerprint density at radius 2 is 2.05 bits per heavy atom. The molecule has 0 aliphatic rings. The number of nitrogens with zero attached hydrogens (tertiary/aromatic N) is 3. The lowest BCUT2D eigenvalue weighted by Gasteiger charge is -2.21. The average Bonchev–Trinajstić information content (AvgIpc) is 2.52. The summed E-state index contributed by atoms with van der Waals surface area (Å²) >= 11 is 0. The van der Waals surface area contributed by atoms with Crippen molar-refractivity contribution in [1.29, 1.82) is 0 Å². The zero-order valence-corrected chi connectivity index (χ0v) is 12.2. The van der Waals surface area contributed by atoms with Gasteiger partial charge in [-0.05, 0) is 19.1 Å². The van der Waals surface area contributed by atoms with Crippen LogP contribution in [0.25, 0.3) is 11.4 Å². The third-order valence-electron chi connectivity index (χ3n) is 3.44. The highest BCUT2D eigenvalue weighted by molar-refractivity contribution is 5.79.